The lowest BCUT2D eigenvalue weighted by Gasteiger charge is -2.13. The molecule has 4 nitrogen and oxygen atoms in total. The molecule has 8 heteroatoms. The minimum Gasteiger partial charge on any atom is -0.497 e. The lowest BCUT2D eigenvalue weighted by atomic mass is 10.1. The fourth-order valence-electron chi connectivity index (χ4n) is 2.26. The van der Waals surface area contributed by atoms with Crippen molar-refractivity contribution in [3.63, 3.8) is 0 Å². The lowest BCUT2D eigenvalue weighted by Crippen LogP contribution is -2.23. The second-order valence-electron chi connectivity index (χ2n) is 5.65. The summed E-state index contributed by atoms with van der Waals surface area (Å²) in [5.74, 6) is 0.188. The van der Waals surface area contributed by atoms with Crippen molar-refractivity contribution in [2.24, 2.45) is 10.7 Å². The number of nitrogens with two attached hydrogens (primary N) is 1. The molecule has 0 radical (unpaired) electrons. The third-order valence-electron chi connectivity index (χ3n) is 3.82. The number of ether oxygens (including phenoxy) is 1. The van der Waals surface area contributed by atoms with Gasteiger partial charge < -0.3 is 15.8 Å². The number of hydrogen-bond donors (Lipinski definition) is 2. The SMILES string of the molecule is COc1ccc(CN=C(N)Nc2ccc(C)c(C)c2)c(C(F)(F)F)c1.I. The molecule has 3 N–H and O–H groups in total. The van der Waals surface area contributed by atoms with Crippen molar-refractivity contribution in [1.29, 1.82) is 0 Å². The quantitative estimate of drug-likeness (QED) is 0.374. The van der Waals surface area contributed by atoms with Crippen molar-refractivity contribution in [2.75, 3.05) is 12.4 Å². The zero-order valence-electron chi connectivity index (χ0n) is 14.6. The minimum atomic E-state index is -4.49. The highest BCUT2D eigenvalue weighted by atomic mass is 127. The molecule has 2 aromatic carbocycles. The van der Waals surface area contributed by atoms with E-state index in [0.29, 0.717) is 0 Å². The third kappa shape index (κ3) is 5.79. The van der Waals surface area contributed by atoms with E-state index in [2.05, 4.69) is 10.3 Å². The maximum absolute atomic E-state index is 13.2. The molecule has 142 valence electrons. The van der Waals surface area contributed by atoms with Crippen LogP contribution >= 0.6 is 24.0 Å². The Morgan fingerprint density at radius 1 is 1.12 bits per heavy atom. The van der Waals surface area contributed by atoms with Crippen LogP contribution in [0.1, 0.15) is 22.3 Å². The Balaban J connectivity index is 0.00000338. The standard InChI is InChI=1S/C18H20F3N3O.HI/c1-11-4-6-14(8-12(11)2)24-17(22)23-10-13-5-7-15(25-3)9-16(13)18(19,20)21;/h4-9H,10H2,1-3H3,(H3,22,23,24);1H. The Labute approximate surface area is 167 Å². The largest absolute Gasteiger partial charge is 0.497 e. The summed E-state index contributed by atoms with van der Waals surface area (Å²) in [5, 5.41) is 2.88. The maximum Gasteiger partial charge on any atom is 0.416 e. The van der Waals surface area contributed by atoms with Gasteiger partial charge in [0.2, 0.25) is 0 Å². The van der Waals surface area contributed by atoms with Crippen LogP contribution in [0, 0.1) is 13.8 Å². The normalized spacial score (nSPS) is 11.7. The highest BCUT2D eigenvalue weighted by Gasteiger charge is 2.33. The summed E-state index contributed by atoms with van der Waals surface area (Å²) < 4.78 is 44.4. The number of halogens is 4. The zero-order chi connectivity index (χ0) is 18.6. The van der Waals surface area contributed by atoms with Gasteiger partial charge in [0.1, 0.15) is 5.75 Å². The van der Waals surface area contributed by atoms with E-state index < -0.39 is 11.7 Å². The van der Waals surface area contributed by atoms with Crippen LogP contribution in [-0.2, 0) is 12.7 Å². The molecule has 0 aliphatic rings. The summed E-state index contributed by atoms with van der Waals surface area (Å²) in [4.78, 5) is 4.01. The molecule has 0 aromatic heterocycles. The Hall–Kier alpha value is -1.97. The van der Waals surface area contributed by atoms with Crippen molar-refractivity contribution in [1.82, 2.24) is 0 Å². The number of rotatable bonds is 4. The van der Waals surface area contributed by atoms with Crippen molar-refractivity contribution in [2.45, 2.75) is 26.6 Å². The summed E-state index contributed by atoms with van der Waals surface area (Å²) in [5.41, 5.74) is 7.97. The Bertz CT molecular complexity index is 792. The van der Waals surface area contributed by atoms with Gasteiger partial charge in [-0.15, -0.1) is 24.0 Å². The first kappa shape index (κ1) is 22.1. The number of aryl methyl sites for hydroxylation is 2. The maximum atomic E-state index is 13.2. The molecule has 0 saturated carbocycles. The van der Waals surface area contributed by atoms with Gasteiger partial charge in [0, 0.05) is 5.69 Å². The van der Waals surface area contributed by atoms with E-state index in [0.717, 1.165) is 22.9 Å². The molecule has 0 atom stereocenters. The first-order chi connectivity index (χ1) is 11.7. The molecule has 0 amide bonds. The highest BCUT2D eigenvalue weighted by molar-refractivity contribution is 14.0. The number of nitrogens with zero attached hydrogens (tertiary/aromatic N) is 1. The molecule has 0 unspecified atom stereocenters. The average molecular weight is 479 g/mol. The van der Waals surface area contributed by atoms with Gasteiger partial charge in [0.05, 0.1) is 19.2 Å². The molecular weight excluding hydrogens is 458 g/mol. The van der Waals surface area contributed by atoms with Crippen molar-refractivity contribution in [3.05, 3.63) is 58.7 Å². The highest BCUT2D eigenvalue weighted by Crippen LogP contribution is 2.34. The van der Waals surface area contributed by atoms with Crippen molar-refractivity contribution >= 4 is 35.6 Å². The minimum absolute atomic E-state index is 0. The number of anilines is 1. The van der Waals surface area contributed by atoms with Crippen LogP contribution in [0.25, 0.3) is 0 Å². The van der Waals surface area contributed by atoms with Crippen LogP contribution in [0.5, 0.6) is 5.75 Å². The molecule has 0 aliphatic heterocycles. The van der Waals surface area contributed by atoms with Crippen LogP contribution in [-0.4, -0.2) is 13.1 Å². The van der Waals surface area contributed by atoms with E-state index in [4.69, 9.17) is 10.5 Å². The summed E-state index contributed by atoms with van der Waals surface area (Å²) in [6.07, 6.45) is -4.49. The number of guanidine groups is 1. The molecule has 0 heterocycles. The number of nitrogens with one attached hydrogen (secondary N) is 1. The zero-order valence-corrected chi connectivity index (χ0v) is 17.0. The first-order valence-corrected chi connectivity index (χ1v) is 7.59. The van der Waals surface area contributed by atoms with Crippen LogP contribution < -0.4 is 15.8 Å². The summed E-state index contributed by atoms with van der Waals surface area (Å²) in [7, 11) is 1.32. The molecule has 0 aliphatic carbocycles. The molecular formula is C18H21F3IN3O. The van der Waals surface area contributed by atoms with Gasteiger partial charge >= 0.3 is 6.18 Å². The molecule has 0 bridgehead atoms. The number of methoxy groups -OCH3 is 1. The van der Waals surface area contributed by atoms with Crippen LogP contribution in [0.4, 0.5) is 18.9 Å². The second kappa shape index (κ2) is 9.11. The summed E-state index contributed by atoms with van der Waals surface area (Å²) in [6, 6.07) is 9.42. The smallest absolute Gasteiger partial charge is 0.416 e. The van der Waals surface area contributed by atoms with Gasteiger partial charge in [0.15, 0.2) is 5.96 Å². The molecule has 0 saturated heterocycles. The number of aliphatic imine (C=N–C) groups is 1. The average Bonchev–Trinajstić information content (AvgIpc) is 2.55. The predicted octanol–water partition coefficient (Wildman–Crippen LogP) is 4.88. The molecule has 2 rings (SSSR count). The number of alkyl halides is 3. The van der Waals surface area contributed by atoms with Crippen LogP contribution in [0.3, 0.4) is 0 Å². The van der Waals surface area contributed by atoms with Crippen LogP contribution in [0.2, 0.25) is 0 Å². The summed E-state index contributed by atoms with van der Waals surface area (Å²) >= 11 is 0. The molecule has 2 aromatic rings. The van der Waals surface area contributed by atoms with E-state index in [1.54, 1.807) is 0 Å². The fourth-order valence-corrected chi connectivity index (χ4v) is 2.26. The van der Waals surface area contributed by atoms with Crippen LogP contribution in [0.15, 0.2) is 41.4 Å². The molecule has 0 fully saturated rings. The monoisotopic (exact) mass is 479 g/mol. The van der Waals surface area contributed by atoms with Gasteiger partial charge in [-0.3, -0.25) is 0 Å². The van der Waals surface area contributed by atoms with Gasteiger partial charge in [-0.2, -0.15) is 13.2 Å². The third-order valence-corrected chi connectivity index (χ3v) is 3.82. The van der Waals surface area contributed by atoms with E-state index in [1.165, 1.54) is 19.2 Å². The van der Waals surface area contributed by atoms with E-state index >= 15 is 0 Å². The van der Waals surface area contributed by atoms with E-state index in [-0.39, 0.29) is 47.8 Å². The Morgan fingerprint density at radius 2 is 1.81 bits per heavy atom. The first-order valence-electron chi connectivity index (χ1n) is 7.59. The van der Waals surface area contributed by atoms with Gasteiger partial charge in [0.25, 0.3) is 0 Å². The topological polar surface area (TPSA) is 59.6 Å². The number of benzene rings is 2. The van der Waals surface area contributed by atoms with Gasteiger partial charge in [-0.1, -0.05) is 12.1 Å². The Morgan fingerprint density at radius 3 is 2.38 bits per heavy atom. The Kier molecular flexibility index (Phi) is 7.73. The molecule has 26 heavy (non-hydrogen) atoms. The number of hydrogen-bond acceptors (Lipinski definition) is 2. The predicted molar refractivity (Wildman–Crippen MR) is 108 cm³/mol. The summed E-state index contributed by atoms with van der Waals surface area (Å²) in [6.45, 7) is 3.75. The molecule has 0 spiro atoms. The van der Waals surface area contributed by atoms with E-state index in [9.17, 15) is 13.2 Å². The van der Waals surface area contributed by atoms with Crippen molar-refractivity contribution in [3.8, 4) is 5.75 Å². The fraction of sp³-hybridized carbons (Fsp3) is 0.278. The van der Waals surface area contributed by atoms with Gasteiger partial charge in [-0.25, -0.2) is 4.99 Å². The second-order valence-corrected chi connectivity index (χ2v) is 5.65. The lowest BCUT2D eigenvalue weighted by molar-refractivity contribution is -0.138. The van der Waals surface area contributed by atoms with E-state index in [1.807, 2.05) is 32.0 Å². The van der Waals surface area contributed by atoms with Gasteiger partial charge in [-0.05, 0) is 54.8 Å². The van der Waals surface area contributed by atoms with Crippen molar-refractivity contribution < 1.29 is 17.9 Å².